The summed E-state index contributed by atoms with van der Waals surface area (Å²) in [5, 5.41) is 0. The SMILES string of the molecule is CCC(=O)c1ccc(OC(=O)CCl)cc1. The first kappa shape index (κ1) is 11.7. The van der Waals surface area contributed by atoms with Crippen LogP contribution in [-0.4, -0.2) is 17.6 Å². The molecule has 4 heteroatoms. The molecule has 0 amide bonds. The number of ether oxygens (including phenoxy) is 1. The van der Waals surface area contributed by atoms with Gasteiger partial charge in [0, 0.05) is 12.0 Å². The van der Waals surface area contributed by atoms with E-state index in [4.69, 9.17) is 16.3 Å². The Morgan fingerprint density at radius 1 is 1.27 bits per heavy atom. The molecule has 0 fully saturated rings. The monoisotopic (exact) mass is 226 g/mol. The Balaban J connectivity index is 2.72. The zero-order valence-corrected chi connectivity index (χ0v) is 9.08. The van der Waals surface area contributed by atoms with Gasteiger partial charge in [-0.2, -0.15) is 0 Å². The van der Waals surface area contributed by atoms with Crippen LogP contribution >= 0.6 is 11.6 Å². The van der Waals surface area contributed by atoms with Crippen LogP contribution in [0, 0.1) is 0 Å². The summed E-state index contributed by atoms with van der Waals surface area (Å²) < 4.78 is 4.85. The lowest BCUT2D eigenvalue weighted by Crippen LogP contribution is -2.08. The number of halogens is 1. The molecule has 1 aromatic rings. The number of benzene rings is 1. The Bertz CT molecular complexity index is 357. The summed E-state index contributed by atoms with van der Waals surface area (Å²) in [6.07, 6.45) is 0.459. The van der Waals surface area contributed by atoms with Gasteiger partial charge in [-0.05, 0) is 24.3 Å². The molecule has 1 aromatic carbocycles. The third-order valence-electron chi connectivity index (χ3n) is 1.84. The quantitative estimate of drug-likeness (QED) is 0.343. The molecule has 0 aliphatic rings. The lowest BCUT2D eigenvalue weighted by Gasteiger charge is -2.02. The third kappa shape index (κ3) is 3.36. The molecular formula is C11H11ClO3. The number of carbonyl (C=O) groups excluding carboxylic acids is 2. The predicted octanol–water partition coefficient (Wildman–Crippen LogP) is 2.42. The van der Waals surface area contributed by atoms with Gasteiger partial charge in [-0.1, -0.05) is 6.92 Å². The molecule has 0 aromatic heterocycles. The van der Waals surface area contributed by atoms with E-state index in [0.717, 1.165) is 0 Å². The van der Waals surface area contributed by atoms with Gasteiger partial charge in [-0.25, -0.2) is 0 Å². The van der Waals surface area contributed by atoms with E-state index in [9.17, 15) is 9.59 Å². The fourth-order valence-electron chi connectivity index (χ4n) is 1.07. The van der Waals surface area contributed by atoms with E-state index in [1.807, 2.05) is 0 Å². The predicted molar refractivity (Wildman–Crippen MR) is 57.4 cm³/mol. The van der Waals surface area contributed by atoms with Gasteiger partial charge in [0.25, 0.3) is 0 Å². The minimum Gasteiger partial charge on any atom is -0.426 e. The highest BCUT2D eigenvalue weighted by Gasteiger charge is 2.05. The van der Waals surface area contributed by atoms with Crippen molar-refractivity contribution in [3.8, 4) is 5.75 Å². The van der Waals surface area contributed by atoms with Crippen LogP contribution in [0.1, 0.15) is 23.7 Å². The number of esters is 1. The number of ketones is 1. The number of Topliss-reactive ketones (excluding diaryl/α,β-unsaturated/α-hetero) is 1. The Kier molecular flexibility index (Phi) is 4.31. The molecule has 0 aliphatic carbocycles. The van der Waals surface area contributed by atoms with Crippen molar-refractivity contribution >= 4 is 23.4 Å². The second-order valence-electron chi connectivity index (χ2n) is 2.91. The van der Waals surface area contributed by atoms with Crippen molar-refractivity contribution < 1.29 is 14.3 Å². The van der Waals surface area contributed by atoms with Crippen LogP contribution in [-0.2, 0) is 4.79 Å². The zero-order valence-electron chi connectivity index (χ0n) is 8.33. The van der Waals surface area contributed by atoms with E-state index >= 15 is 0 Å². The molecule has 0 heterocycles. The molecule has 1 rings (SSSR count). The molecule has 0 N–H and O–H groups in total. The van der Waals surface area contributed by atoms with E-state index in [1.54, 1.807) is 31.2 Å². The van der Waals surface area contributed by atoms with Gasteiger partial charge >= 0.3 is 5.97 Å². The summed E-state index contributed by atoms with van der Waals surface area (Å²) >= 11 is 5.28. The van der Waals surface area contributed by atoms with Crippen molar-refractivity contribution in [1.29, 1.82) is 0 Å². The summed E-state index contributed by atoms with van der Waals surface area (Å²) in [4.78, 5) is 22.1. The first-order valence-electron chi connectivity index (χ1n) is 4.57. The third-order valence-corrected chi connectivity index (χ3v) is 2.06. The molecule has 0 unspecified atom stereocenters. The Labute approximate surface area is 93.0 Å². The van der Waals surface area contributed by atoms with Crippen LogP contribution in [0.5, 0.6) is 5.75 Å². The molecular weight excluding hydrogens is 216 g/mol. The lowest BCUT2D eigenvalue weighted by atomic mass is 10.1. The second kappa shape index (κ2) is 5.51. The number of hydrogen-bond acceptors (Lipinski definition) is 3. The van der Waals surface area contributed by atoms with Gasteiger partial charge in [-0.3, -0.25) is 9.59 Å². The number of alkyl halides is 1. The second-order valence-corrected chi connectivity index (χ2v) is 3.18. The van der Waals surface area contributed by atoms with Crippen molar-refractivity contribution in [1.82, 2.24) is 0 Å². The van der Waals surface area contributed by atoms with Gasteiger partial charge in [0.2, 0.25) is 0 Å². The average Bonchev–Trinajstić information content (AvgIpc) is 2.29. The van der Waals surface area contributed by atoms with E-state index in [1.165, 1.54) is 0 Å². The largest absolute Gasteiger partial charge is 0.426 e. The number of carbonyl (C=O) groups is 2. The molecule has 15 heavy (non-hydrogen) atoms. The van der Waals surface area contributed by atoms with Gasteiger partial charge in [0.05, 0.1) is 0 Å². The smallest absolute Gasteiger partial charge is 0.326 e. The molecule has 0 spiro atoms. The molecule has 0 aliphatic heterocycles. The fraction of sp³-hybridized carbons (Fsp3) is 0.273. The first-order chi connectivity index (χ1) is 7.17. The highest BCUT2D eigenvalue weighted by molar-refractivity contribution is 6.26. The zero-order chi connectivity index (χ0) is 11.3. The Hall–Kier alpha value is -1.35. The molecule has 0 saturated heterocycles. The number of hydrogen-bond donors (Lipinski definition) is 0. The highest BCUT2D eigenvalue weighted by atomic mass is 35.5. The van der Waals surface area contributed by atoms with Crippen LogP contribution in [0.2, 0.25) is 0 Å². The van der Waals surface area contributed by atoms with Crippen LogP contribution in [0.15, 0.2) is 24.3 Å². The van der Waals surface area contributed by atoms with Gasteiger partial charge in [0.1, 0.15) is 11.6 Å². The highest BCUT2D eigenvalue weighted by Crippen LogP contribution is 2.13. The fourth-order valence-corrected chi connectivity index (χ4v) is 1.13. The Morgan fingerprint density at radius 3 is 2.33 bits per heavy atom. The maximum atomic E-state index is 11.3. The van der Waals surface area contributed by atoms with Crippen LogP contribution in [0.25, 0.3) is 0 Å². The maximum Gasteiger partial charge on any atom is 0.326 e. The summed E-state index contributed by atoms with van der Waals surface area (Å²) in [6.45, 7) is 1.80. The maximum absolute atomic E-state index is 11.3. The van der Waals surface area contributed by atoms with Crippen molar-refractivity contribution in [3.05, 3.63) is 29.8 Å². The van der Waals surface area contributed by atoms with Crippen LogP contribution in [0.4, 0.5) is 0 Å². The van der Waals surface area contributed by atoms with Gasteiger partial charge in [0.15, 0.2) is 5.78 Å². The van der Waals surface area contributed by atoms with Crippen molar-refractivity contribution in [2.75, 3.05) is 5.88 Å². The molecule has 3 nitrogen and oxygen atoms in total. The minimum atomic E-state index is -0.508. The lowest BCUT2D eigenvalue weighted by molar-refractivity contribution is -0.131. The van der Waals surface area contributed by atoms with Crippen LogP contribution < -0.4 is 4.74 Å². The molecule has 0 bridgehead atoms. The van der Waals surface area contributed by atoms with Gasteiger partial charge in [-0.15, -0.1) is 11.6 Å². The molecule has 0 radical (unpaired) electrons. The van der Waals surface area contributed by atoms with Crippen molar-refractivity contribution in [3.63, 3.8) is 0 Å². The summed E-state index contributed by atoms with van der Waals surface area (Å²) in [5.41, 5.74) is 0.614. The molecule has 0 saturated carbocycles. The number of rotatable bonds is 4. The van der Waals surface area contributed by atoms with Crippen molar-refractivity contribution in [2.24, 2.45) is 0 Å². The summed E-state index contributed by atoms with van der Waals surface area (Å²) in [7, 11) is 0. The molecule has 80 valence electrons. The van der Waals surface area contributed by atoms with Crippen LogP contribution in [0.3, 0.4) is 0 Å². The van der Waals surface area contributed by atoms with E-state index in [-0.39, 0.29) is 11.7 Å². The molecule has 0 atom stereocenters. The Morgan fingerprint density at radius 2 is 1.87 bits per heavy atom. The van der Waals surface area contributed by atoms with Crippen molar-refractivity contribution in [2.45, 2.75) is 13.3 Å². The van der Waals surface area contributed by atoms with E-state index in [0.29, 0.717) is 17.7 Å². The van der Waals surface area contributed by atoms with E-state index < -0.39 is 5.97 Å². The topological polar surface area (TPSA) is 43.4 Å². The van der Waals surface area contributed by atoms with E-state index in [2.05, 4.69) is 0 Å². The minimum absolute atomic E-state index is 0.0604. The van der Waals surface area contributed by atoms with Gasteiger partial charge < -0.3 is 4.74 Å². The normalized spacial score (nSPS) is 9.73. The standard InChI is InChI=1S/C11H11ClO3/c1-2-10(13)8-3-5-9(6-4-8)15-11(14)7-12/h3-6H,2,7H2,1H3. The first-order valence-corrected chi connectivity index (χ1v) is 5.10. The summed E-state index contributed by atoms with van der Waals surface area (Å²) in [6, 6.07) is 6.41. The summed E-state index contributed by atoms with van der Waals surface area (Å²) in [5.74, 6) is -0.236. The average molecular weight is 227 g/mol.